The van der Waals surface area contributed by atoms with E-state index in [9.17, 15) is 24.6 Å². The molecular formula is C17H19N3O6. The molecule has 0 amide bonds. The molecule has 9 nitrogen and oxygen atoms in total. The Labute approximate surface area is 148 Å². The van der Waals surface area contributed by atoms with Crippen molar-refractivity contribution in [1.29, 1.82) is 0 Å². The molecule has 1 atom stereocenters. The van der Waals surface area contributed by atoms with Crippen molar-refractivity contribution < 1.29 is 19.7 Å². The lowest BCUT2D eigenvalue weighted by atomic mass is 10.1. The first-order valence-electron chi connectivity index (χ1n) is 7.64. The zero-order valence-corrected chi connectivity index (χ0v) is 14.5. The van der Waals surface area contributed by atoms with Crippen molar-refractivity contribution >= 4 is 12.2 Å². The molecule has 0 aliphatic heterocycles. The molecule has 0 spiro atoms. The summed E-state index contributed by atoms with van der Waals surface area (Å²) >= 11 is 0. The Hall–Kier alpha value is -3.36. The highest BCUT2D eigenvalue weighted by Gasteiger charge is 2.20. The Morgan fingerprint density at radius 1 is 1.19 bits per heavy atom. The maximum absolute atomic E-state index is 12.2. The maximum atomic E-state index is 12.2. The van der Waals surface area contributed by atoms with Crippen LogP contribution < -0.4 is 11.2 Å². The fourth-order valence-corrected chi connectivity index (χ4v) is 2.33. The van der Waals surface area contributed by atoms with E-state index in [1.807, 2.05) is 0 Å². The van der Waals surface area contributed by atoms with Crippen LogP contribution in [0.1, 0.15) is 11.1 Å². The first-order chi connectivity index (χ1) is 12.3. The number of hydrogen-bond donors (Lipinski definition) is 2. The van der Waals surface area contributed by atoms with E-state index in [1.165, 1.54) is 33.3 Å². The number of benzene rings is 1. The lowest BCUT2D eigenvalue weighted by Gasteiger charge is -2.11. The molecule has 26 heavy (non-hydrogen) atoms. The summed E-state index contributed by atoms with van der Waals surface area (Å²) in [6.45, 7) is 0. The van der Waals surface area contributed by atoms with Crippen molar-refractivity contribution in [3.05, 3.63) is 56.2 Å². The van der Waals surface area contributed by atoms with Gasteiger partial charge in [-0.05, 0) is 17.7 Å². The average Bonchev–Trinajstić information content (AvgIpc) is 2.64. The SMILES string of the molecule is COC(=O)C(Cc1ccc(O)cc1)N=Cc1c(O)n(C)c(=O)n(C)c1=O. The normalized spacial score (nSPS) is 12.3. The highest BCUT2D eigenvalue weighted by Crippen LogP contribution is 2.14. The van der Waals surface area contributed by atoms with E-state index in [4.69, 9.17) is 4.74 Å². The molecule has 1 heterocycles. The van der Waals surface area contributed by atoms with E-state index in [0.717, 1.165) is 15.3 Å². The predicted molar refractivity (Wildman–Crippen MR) is 93.8 cm³/mol. The van der Waals surface area contributed by atoms with Crippen molar-refractivity contribution in [2.24, 2.45) is 19.1 Å². The molecule has 0 saturated carbocycles. The van der Waals surface area contributed by atoms with Crippen molar-refractivity contribution in [3.63, 3.8) is 0 Å². The Balaban J connectivity index is 2.40. The summed E-state index contributed by atoms with van der Waals surface area (Å²) in [5.74, 6) is -1.09. The number of nitrogens with zero attached hydrogens (tertiary/aromatic N) is 3. The first-order valence-corrected chi connectivity index (χ1v) is 7.64. The number of aromatic hydroxyl groups is 2. The number of aliphatic imine (C=N–C) groups is 1. The second kappa shape index (κ2) is 7.68. The van der Waals surface area contributed by atoms with Crippen LogP contribution >= 0.6 is 0 Å². The van der Waals surface area contributed by atoms with Gasteiger partial charge in [0.05, 0.1) is 7.11 Å². The quantitative estimate of drug-likeness (QED) is 0.557. The third-order valence-electron chi connectivity index (χ3n) is 3.89. The molecule has 1 aromatic heterocycles. The molecule has 0 bridgehead atoms. The van der Waals surface area contributed by atoms with E-state index in [-0.39, 0.29) is 17.7 Å². The molecule has 0 aliphatic carbocycles. The lowest BCUT2D eigenvalue weighted by molar-refractivity contribution is -0.142. The largest absolute Gasteiger partial charge is 0.508 e. The van der Waals surface area contributed by atoms with Crippen molar-refractivity contribution in [2.75, 3.05) is 7.11 Å². The smallest absolute Gasteiger partial charge is 0.333 e. The number of ether oxygens (including phenoxy) is 1. The number of hydrogen-bond acceptors (Lipinski definition) is 7. The third-order valence-corrected chi connectivity index (χ3v) is 3.89. The molecule has 1 aromatic carbocycles. The summed E-state index contributed by atoms with van der Waals surface area (Å²) in [4.78, 5) is 40.0. The van der Waals surface area contributed by atoms with Crippen LogP contribution in [0, 0.1) is 0 Å². The van der Waals surface area contributed by atoms with Gasteiger partial charge in [0.25, 0.3) is 5.56 Å². The zero-order chi connectivity index (χ0) is 19.4. The van der Waals surface area contributed by atoms with Gasteiger partial charge >= 0.3 is 11.7 Å². The summed E-state index contributed by atoms with van der Waals surface area (Å²) in [5, 5.41) is 19.3. The summed E-state index contributed by atoms with van der Waals surface area (Å²) < 4.78 is 6.45. The van der Waals surface area contributed by atoms with Crippen LogP contribution in [-0.4, -0.2) is 44.7 Å². The summed E-state index contributed by atoms with van der Waals surface area (Å²) in [7, 11) is 3.79. The van der Waals surface area contributed by atoms with Gasteiger partial charge in [-0.3, -0.25) is 18.9 Å². The predicted octanol–water partition coefficient (Wildman–Crippen LogP) is -0.302. The third kappa shape index (κ3) is 3.82. The Morgan fingerprint density at radius 3 is 2.38 bits per heavy atom. The fourth-order valence-electron chi connectivity index (χ4n) is 2.33. The Morgan fingerprint density at radius 2 is 1.81 bits per heavy atom. The van der Waals surface area contributed by atoms with Gasteiger partial charge in [-0.1, -0.05) is 12.1 Å². The molecule has 2 rings (SSSR count). The van der Waals surface area contributed by atoms with Crippen LogP contribution in [0.5, 0.6) is 11.6 Å². The zero-order valence-electron chi connectivity index (χ0n) is 14.5. The number of carbonyl (C=O) groups excluding carboxylic acids is 1. The standard InChI is InChI=1S/C17H19N3O6/c1-19-14(22)12(15(23)20(2)17(19)25)9-18-13(16(24)26-3)8-10-4-6-11(21)7-5-10/h4-7,9,13,21-22H,8H2,1-3H3. The van der Waals surface area contributed by atoms with Gasteiger partial charge in [-0.25, -0.2) is 9.59 Å². The van der Waals surface area contributed by atoms with Crippen LogP contribution in [0.4, 0.5) is 0 Å². The van der Waals surface area contributed by atoms with Gasteiger partial charge in [0.1, 0.15) is 11.3 Å². The number of phenolic OH excluding ortho intramolecular Hbond substituents is 1. The average molecular weight is 361 g/mol. The van der Waals surface area contributed by atoms with Crippen molar-refractivity contribution in [3.8, 4) is 11.6 Å². The maximum Gasteiger partial charge on any atom is 0.333 e. The molecular weight excluding hydrogens is 342 g/mol. The van der Waals surface area contributed by atoms with Gasteiger partial charge in [-0.2, -0.15) is 0 Å². The number of esters is 1. The second-order valence-corrected chi connectivity index (χ2v) is 5.63. The van der Waals surface area contributed by atoms with E-state index in [1.54, 1.807) is 12.1 Å². The van der Waals surface area contributed by atoms with Gasteiger partial charge in [0, 0.05) is 26.7 Å². The number of aromatic nitrogens is 2. The monoisotopic (exact) mass is 361 g/mol. The molecule has 1 unspecified atom stereocenters. The van der Waals surface area contributed by atoms with E-state index >= 15 is 0 Å². The topological polar surface area (TPSA) is 123 Å². The molecule has 138 valence electrons. The second-order valence-electron chi connectivity index (χ2n) is 5.63. The van der Waals surface area contributed by atoms with Crippen molar-refractivity contribution in [2.45, 2.75) is 12.5 Å². The lowest BCUT2D eigenvalue weighted by Crippen LogP contribution is -2.38. The summed E-state index contributed by atoms with van der Waals surface area (Å²) in [6.07, 6.45) is 1.22. The summed E-state index contributed by atoms with van der Waals surface area (Å²) in [6, 6.07) is 5.24. The minimum Gasteiger partial charge on any atom is -0.508 e. The molecule has 0 saturated heterocycles. The number of rotatable bonds is 5. The molecule has 0 fully saturated rings. The van der Waals surface area contributed by atoms with Crippen LogP contribution in [0.3, 0.4) is 0 Å². The minimum absolute atomic E-state index is 0.0884. The van der Waals surface area contributed by atoms with E-state index < -0.39 is 29.1 Å². The van der Waals surface area contributed by atoms with Gasteiger partial charge in [-0.15, -0.1) is 0 Å². The van der Waals surface area contributed by atoms with Gasteiger partial charge in [0.15, 0.2) is 6.04 Å². The van der Waals surface area contributed by atoms with E-state index in [0.29, 0.717) is 5.56 Å². The van der Waals surface area contributed by atoms with Crippen LogP contribution in [0.2, 0.25) is 0 Å². The highest BCUT2D eigenvalue weighted by atomic mass is 16.5. The molecule has 2 N–H and O–H groups in total. The van der Waals surface area contributed by atoms with Crippen LogP contribution in [0.25, 0.3) is 0 Å². The fraction of sp³-hybridized carbons (Fsp3) is 0.294. The van der Waals surface area contributed by atoms with Gasteiger partial charge < -0.3 is 14.9 Å². The Bertz CT molecular complexity index is 956. The van der Waals surface area contributed by atoms with E-state index in [2.05, 4.69) is 4.99 Å². The number of phenols is 1. The van der Waals surface area contributed by atoms with Crippen LogP contribution in [-0.2, 0) is 30.0 Å². The minimum atomic E-state index is -0.967. The van der Waals surface area contributed by atoms with Crippen molar-refractivity contribution in [1.82, 2.24) is 9.13 Å². The molecule has 9 heteroatoms. The number of carbonyl (C=O) groups is 1. The molecule has 2 aromatic rings. The Kier molecular flexibility index (Phi) is 5.61. The number of methoxy groups -OCH3 is 1. The molecule has 0 radical (unpaired) electrons. The summed E-state index contributed by atoms with van der Waals surface area (Å²) in [5.41, 5.74) is -0.914. The van der Waals surface area contributed by atoms with Crippen LogP contribution in [0.15, 0.2) is 38.8 Å². The van der Waals surface area contributed by atoms with Gasteiger partial charge in [0.2, 0.25) is 5.88 Å². The molecule has 0 aliphatic rings. The highest BCUT2D eigenvalue weighted by molar-refractivity contribution is 5.85. The first kappa shape index (κ1) is 19.0.